The van der Waals surface area contributed by atoms with Crippen molar-refractivity contribution < 1.29 is 4.79 Å². The first-order valence-corrected chi connectivity index (χ1v) is 4.98. The van der Waals surface area contributed by atoms with Gasteiger partial charge in [0.15, 0.2) is 0 Å². The Bertz CT molecular complexity index is 157. The summed E-state index contributed by atoms with van der Waals surface area (Å²) < 4.78 is 0. The summed E-state index contributed by atoms with van der Waals surface area (Å²) in [5, 5.41) is 0. The van der Waals surface area contributed by atoms with Crippen molar-refractivity contribution in [2.75, 3.05) is 0 Å². The molecule has 0 spiro atoms. The van der Waals surface area contributed by atoms with Gasteiger partial charge in [-0.15, -0.1) is 0 Å². The Morgan fingerprint density at radius 2 is 1.83 bits per heavy atom. The maximum atomic E-state index is 11.6. The average Bonchev–Trinajstić information content (AvgIpc) is 2.32. The van der Waals surface area contributed by atoms with Gasteiger partial charge in [-0.25, -0.2) is 0 Å². The third-order valence-corrected chi connectivity index (χ3v) is 2.70. The first-order chi connectivity index (χ1) is 5.66. The van der Waals surface area contributed by atoms with Crippen LogP contribution in [0.2, 0.25) is 0 Å². The molecule has 1 fully saturated rings. The fourth-order valence-corrected chi connectivity index (χ4v) is 2.03. The minimum absolute atomic E-state index is 0.343. The van der Waals surface area contributed by atoms with Gasteiger partial charge in [-0.1, -0.05) is 6.92 Å². The van der Waals surface area contributed by atoms with E-state index in [0.717, 1.165) is 6.42 Å². The summed E-state index contributed by atoms with van der Waals surface area (Å²) in [7, 11) is 0. The summed E-state index contributed by atoms with van der Waals surface area (Å²) in [6, 6.07) is 0.943. The molecule has 0 saturated carbocycles. The molecule has 1 rings (SSSR count). The number of nitrogens with zero attached hydrogens (tertiary/aromatic N) is 1. The Labute approximate surface area is 74.9 Å². The zero-order valence-electron chi connectivity index (χ0n) is 8.34. The number of carbonyl (C=O) groups excluding carboxylic acids is 1. The molecule has 2 nitrogen and oxygen atoms in total. The number of rotatable bonds is 2. The van der Waals surface area contributed by atoms with Crippen molar-refractivity contribution in [1.29, 1.82) is 0 Å². The van der Waals surface area contributed by atoms with Crippen molar-refractivity contribution in [3.05, 3.63) is 0 Å². The van der Waals surface area contributed by atoms with E-state index >= 15 is 0 Å². The van der Waals surface area contributed by atoms with E-state index in [-0.39, 0.29) is 0 Å². The van der Waals surface area contributed by atoms with Crippen LogP contribution in [0.1, 0.15) is 46.5 Å². The maximum Gasteiger partial charge on any atom is 0.223 e. The van der Waals surface area contributed by atoms with E-state index in [2.05, 4.69) is 25.7 Å². The zero-order valence-corrected chi connectivity index (χ0v) is 8.34. The molecule has 70 valence electrons. The standard InChI is InChI=1S/C10H19NO/c1-4-5-10(12)11-8(2)6-7-9(11)3/h8-9H,4-7H2,1-3H3/t8-,9+. The fourth-order valence-electron chi connectivity index (χ4n) is 2.03. The molecule has 1 aliphatic heterocycles. The zero-order chi connectivity index (χ0) is 9.14. The number of hydrogen-bond donors (Lipinski definition) is 0. The molecular weight excluding hydrogens is 150 g/mol. The summed E-state index contributed by atoms with van der Waals surface area (Å²) in [5.41, 5.74) is 0. The van der Waals surface area contributed by atoms with Crippen LogP contribution >= 0.6 is 0 Å². The van der Waals surface area contributed by atoms with E-state index in [0.29, 0.717) is 24.4 Å². The second kappa shape index (κ2) is 3.92. The van der Waals surface area contributed by atoms with Gasteiger partial charge in [0.2, 0.25) is 5.91 Å². The highest BCUT2D eigenvalue weighted by atomic mass is 16.2. The smallest absolute Gasteiger partial charge is 0.223 e. The van der Waals surface area contributed by atoms with Gasteiger partial charge in [0, 0.05) is 18.5 Å². The van der Waals surface area contributed by atoms with Gasteiger partial charge in [0.05, 0.1) is 0 Å². The number of hydrogen-bond acceptors (Lipinski definition) is 1. The lowest BCUT2D eigenvalue weighted by molar-refractivity contribution is -0.133. The van der Waals surface area contributed by atoms with Crippen LogP contribution in [0.25, 0.3) is 0 Å². The molecule has 0 bridgehead atoms. The van der Waals surface area contributed by atoms with Crippen molar-refractivity contribution in [2.24, 2.45) is 0 Å². The Morgan fingerprint density at radius 3 is 2.25 bits per heavy atom. The summed E-state index contributed by atoms with van der Waals surface area (Å²) in [6.07, 6.45) is 4.04. The van der Waals surface area contributed by atoms with Crippen molar-refractivity contribution in [3.8, 4) is 0 Å². The quantitative estimate of drug-likeness (QED) is 0.620. The highest BCUT2D eigenvalue weighted by Crippen LogP contribution is 2.24. The molecule has 2 atom stereocenters. The average molecular weight is 169 g/mol. The van der Waals surface area contributed by atoms with Gasteiger partial charge in [0.1, 0.15) is 0 Å². The van der Waals surface area contributed by atoms with Crippen molar-refractivity contribution in [3.63, 3.8) is 0 Å². The molecule has 12 heavy (non-hydrogen) atoms. The maximum absolute atomic E-state index is 11.6. The van der Waals surface area contributed by atoms with Crippen LogP contribution < -0.4 is 0 Å². The summed E-state index contributed by atoms with van der Waals surface area (Å²) in [6.45, 7) is 6.36. The Kier molecular flexibility index (Phi) is 3.12. The number of amides is 1. The normalized spacial score (nSPS) is 29.4. The van der Waals surface area contributed by atoms with E-state index in [4.69, 9.17) is 0 Å². The molecule has 2 heteroatoms. The first-order valence-electron chi connectivity index (χ1n) is 4.98. The molecular formula is C10H19NO. The van der Waals surface area contributed by atoms with E-state index < -0.39 is 0 Å². The van der Waals surface area contributed by atoms with Crippen LogP contribution in [-0.4, -0.2) is 22.9 Å². The van der Waals surface area contributed by atoms with Crippen LogP contribution in [0.3, 0.4) is 0 Å². The number of likely N-dealkylation sites (tertiary alicyclic amines) is 1. The molecule has 0 aromatic rings. The van der Waals surface area contributed by atoms with E-state index in [1.807, 2.05) is 0 Å². The largest absolute Gasteiger partial charge is 0.337 e. The SMILES string of the molecule is CCCC(=O)N1[C@H](C)CC[C@@H]1C. The molecule has 1 saturated heterocycles. The highest BCUT2D eigenvalue weighted by Gasteiger charge is 2.30. The summed E-state index contributed by atoms with van der Waals surface area (Å²) >= 11 is 0. The minimum Gasteiger partial charge on any atom is -0.337 e. The Balaban J connectivity index is 2.53. The molecule has 0 unspecified atom stereocenters. The van der Waals surface area contributed by atoms with Gasteiger partial charge in [-0.3, -0.25) is 4.79 Å². The van der Waals surface area contributed by atoms with Gasteiger partial charge in [-0.05, 0) is 33.1 Å². The molecule has 0 aliphatic carbocycles. The third kappa shape index (κ3) is 1.79. The second-order valence-corrected chi connectivity index (χ2v) is 3.83. The topological polar surface area (TPSA) is 20.3 Å². The summed E-state index contributed by atoms with van der Waals surface area (Å²) in [5.74, 6) is 0.343. The highest BCUT2D eigenvalue weighted by molar-refractivity contribution is 5.77. The lowest BCUT2D eigenvalue weighted by Gasteiger charge is -2.26. The van der Waals surface area contributed by atoms with Crippen LogP contribution in [0.5, 0.6) is 0 Å². The van der Waals surface area contributed by atoms with Gasteiger partial charge >= 0.3 is 0 Å². The predicted molar refractivity (Wildman–Crippen MR) is 49.9 cm³/mol. The predicted octanol–water partition coefficient (Wildman–Crippen LogP) is 2.19. The molecule has 0 radical (unpaired) electrons. The third-order valence-electron chi connectivity index (χ3n) is 2.70. The van der Waals surface area contributed by atoms with Crippen LogP contribution in [0, 0.1) is 0 Å². The van der Waals surface area contributed by atoms with E-state index in [1.54, 1.807) is 0 Å². The lowest BCUT2D eigenvalue weighted by atomic mass is 10.2. The summed E-state index contributed by atoms with van der Waals surface area (Å²) in [4.78, 5) is 13.7. The number of carbonyl (C=O) groups is 1. The molecule has 0 aromatic carbocycles. The molecule has 1 amide bonds. The Morgan fingerprint density at radius 1 is 1.33 bits per heavy atom. The fraction of sp³-hybridized carbons (Fsp3) is 0.900. The van der Waals surface area contributed by atoms with Crippen LogP contribution in [-0.2, 0) is 4.79 Å². The Hall–Kier alpha value is -0.530. The van der Waals surface area contributed by atoms with Crippen molar-refractivity contribution >= 4 is 5.91 Å². The van der Waals surface area contributed by atoms with Crippen LogP contribution in [0.15, 0.2) is 0 Å². The molecule has 1 heterocycles. The van der Waals surface area contributed by atoms with Crippen LogP contribution in [0.4, 0.5) is 0 Å². The van der Waals surface area contributed by atoms with Crippen molar-refractivity contribution in [1.82, 2.24) is 4.90 Å². The molecule has 0 aromatic heterocycles. The monoisotopic (exact) mass is 169 g/mol. The first kappa shape index (κ1) is 9.56. The van der Waals surface area contributed by atoms with Crippen molar-refractivity contribution in [2.45, 2.75) is 58.5 Å². The minimum atomic E-state index is 0.343. The lowest BCUT2D eigenvalue weighted by Crippen LogP contribution is -2.38. The second-order valence-electron chi connectivity index (χ2n) is 3.83. The molecule has 0 N–H and O–H groups in total. The van der Waals surface area contributed by atoms with Gasteiger partial charge in [-0.2, -0.15) is 0 Å². The van der Waals surface area contributed by atoms with Gasteiger partial charge in [0.25, 0.3) is 0 Å². The van der Waals surface area contributed by atoms with Gasteiger partial charge < -0.3 is 4.90 Å². The molecule has 1 aliphatic rings. The van der Waals surface area contributed by atoms with E-state index in [9.17, 15) is 4.79 Å². The van der Waals surface area contributed by atoms with E-state index in [1.165, 1.54) is 12.8 Å².